The van der Waals surface area contributed by atoms with Gasteiger partial charge in [-0.15, -0.1) is 0 Å². The molecule has 6 heteroatoms. The zero-order valence-electron chi connectivity index (χ0n) is 15.1. The Morgan fingerprint density at radius 3 is 2.65 bits per heavy atom. The molecule has 2 heterocycles. The average Bonchev–Trinajstić information content (AvgIpc) is 2.60. The number of benzene rings is 1. The standard InChI is InChI=1S/C20H23F2N3O/c1-13-11-19(24-14(2)23-13)20(26)25-10-4-5-15(12-25)8-9-16-17(21)6-3-7-18(16)22/h3,6-7,11,15H,4-5,8-10,12H2,1-2H3/t15-/m1/s1. The summed E-state index contributed by atoms with van der Waals surface area (Å²) in [6.45, 7) is 4.89. The quantitative estimate of drug-likeness (QED) is 0.833. The molecule has 1 aliphatic rings. The molecule has 1 atom stereocenters. The summed E-state index contributed by atoms with van der Waals surface area (Å²) in [6.07, 6.45) is 2.85. The second-order valence-corrected chi connectivity index (χ2v) is 6.94. The minimum absolute atomic E-state index is 0.0969. The topological polar surface area (TPSA) is 46.1 Å². The number of aromatic nitrogens is 2. The fourth-order valence-electron chi connectivity index (χ4n) is 3.59. The molecule has 26 heavy (non-hydrogen) atoms. The molecule has 0 saturated carbocycles. The fraction of sp³-hybridized carbons (Fsp3) is 0.450. The van der Waals surface area contributed by atoms with Gasteiger partial charge in [-0.2, -0.15) is 0 Å². The first kappa shape index (κ1) is 18.4. The molecular formula is C20H23F2N3O. The SMILES string of the molecule is Cc1cc(C(=O)N2CCC[C@H](CCc3c(F)cccc3F)C2)nc(C)n1. The lowest BCUT2D eigenvalue weighted by molar-refractivity contribution is 0.0661. The van der Waals surface area contributed by atoms with Crippen molar-refractivity contribution >= 4 is 5.91 Å². The van der Waals surface area contributed by atoms with Gasteiger partial charge in [-0.3, -0.25) is 4.79 Å². The van der Waals surface area contributed by atoms with Gasteiger partial charge in [-0.25, -0.2) is 18.7 Å². The van der Waals surface area contributed by atoms with Gasteiger partial charge in [0.15, 0.2) is 0 Å². The summed E-state index contributed by atoms with van der Waals surface area (Å²) >= 11 is 0. The Morgan fingerprint density at radius 1 is 1.23 bits per heavy atom. The van der Waals surface area contributed by atoms with Gasteiger partial charge in [0.05, 0.1) is 0 Å². The Balaban J connectivity index is 1.64. The Morgan fingerprint density at radius 2 is 1.96 bits per heavy atom. The molecule has 0 radical (unpaired) electrons. The lowest BCUT2D eigenvalue weighted by Crippen LogP contribution is -2.40. The van der Waals surface area contributed by atoms with Crippen LogP contribution in [0.4, 0.5) is 8.78 Å². The van der Waals surface area contributed by atoms with E-state index in [9.17, 15) is 13.6 Å². The minimum Gasteiger partial charge on any atom is -0.337 e. The third kappa shape index (κ3) is 4.23. The van der Waals surface area contributed by atoms with Crippen LogP contribution in [0, 0.1) is 31.4 Å². The molecule has 0 unspecified atom stereocenters. The molecule has 0 N–H and O–H groups in total. The monoisotopic (exact) mass is 359 g/mol. The van der Waals surface area contributed by atoms with E-state index in [0.717, 1.165) is 18.5 Å². The Bertz CT molecular complexity index is 769. The highest BCUT2D eigenvalue weighted by atomic mass is 19.1. The first-order valence-corrected chi connectivity index (χ1v) is 8.98. The maximum Gasteiger partial charge on any atom is 0.272 e. The van der Waals surface area contributed by atoms with Gasteiger partial charge in [0, 0.05) is 24.3 Å². The maximum atomic E-state index is 13.8. The highest BCUT2D eigenvalue weighted by Gasteiger charge is 2.26. The molecule has 0 bridgehead atoms. The smallest absolute Gasteiger partial charge is 0.272 e. The molecule has 2 aromatic rings. The summed E-state index contributed by atoms with van der Waals surface area (Å²) in [5.41, 5.74) is 1.32. The maximum absolute atomic E-state index is 13.8. The van der Waals surface area contributed by atoms with Crippen molar-refractivity contribution in [2.45, 2.75) is 39.5 Å². The Hall–Kier alpha value is -2.37. The van der Waals surface area contributed by atoms with E-state index in [1.54, 1.807) is 17.9 Å². The van der Waals surface area contributed by atoms with E-state index >= 15 is 0 Å². The molecule has 1 saturated heterocycles. The third-order valence-electron chi connectivity index (χ3n) is 4.86. The molecular weight excluding hydrogens is 336 g/mol. The number of hydrogen-bond acceptors (Lipinski definition) is 3. The second-order valence-electron chi connectivity index (χ2n) is 6.94. The summed E-state index contributed by atoms with van der Waals surface area (Å²) in [5.74, 6) is -0.283. The van der Waals surface area contributed by atoms with Crippen LogP contribution in [0.25, 0.3) is 0 Å². The van der Waals surface area contributed by atoms with E-state index in [2.05, 4.69) is 9.97 Å². The summed E-state index contributed by atoms with van der Waals surface area (Å²) < 4.78 is 27.6. The highest BCUT2D eigenvalue weighted by Crippen LogP contribution is 2.24. The van der Waals surface area contributed by atoms with Crippen LogP contribution >= 0.6 is 0 Å². The zero-order chi connectivity index (χ0) is 18.7. The Labute approximate surface area is 152 Å². The molecule has 0 aliphatic carbocycles. The van der Waals surface area contributed by atoms with Crippen LogP contribution in [-0.2, 0) is 6.42 Å². The summed E-state index contributed by atoms with van der Waals surface area (Å²) in [7, 11) is 0. The van der Waals surface area contributed by atoms with Gasteiger partial charge in [-0.05, 0) is 63.6 Å². The van der Waals surface area contributed by atoms with Crippen LogP contribution in [0.2, 0.25) is 0 Å². The second kappa shape index (κ2) is 7.89. The van der Waals surface area contributed by atoms with E-state index in [-0.39, 0.29) is 17.4 Å². The van der Waals surface area contributed by atoms with Crippen LogP contribution in [0.1, 0.15) is 46.8 Å². The van der Waals surface area contributed by atoms with E-state index in [4.69, 9.17) is 0 Å². The first-order chi connectivity index (χ1) is 12.4. The molecule has 1 amide bonds. The van der Waals surface area contributed by atoms with Crippen LogP contribution in [0.5, 0.6) is 0 Å². The molecule has 1 aliphatic heterocycles. The van der Waals surface area contributed by atoms with Crippen molar-refractivity contribution in [2.24, 2.45) is 5.92 Å². The summed E-state index contributed by atoms with van der Waals surface area (Å²) in [6, 6.07) is 5.65. The fourth-order valence-corrected chi connectivity index (χ4v) is 3.59. The van der Waals surface area contributed by atoms with Gasteiger partial charge < -0.3 is 4.90 Å². The molecule has 4 nitrogen and oxygen atoms in total. The van der Waals surface area contributed by atoms with Crippen molar-refractivity contribution in [1.82, 2.24) is 14.9 Å². The van der Waals surface area contributed by atoms with Crippen LogP contribution < -0.4 is 0 Å². The molecule has 1 aromatic heterocycles. The number of aryl methyl sites for hydroxylation is 2. The van der Waals surface area contributed by atoms with E-state index < -0.39 is 11.6 Å². The molecule has 1 aromatic carbocycles. The summed E-state index contributed by atoms with van der Waals surface area (Å²) in [4.78, 5) is 23.0. The molecule has 1 fully saturated rings. The van der Waals surface area contributed by atoms with Gasteiger partial charge >= 0.3 is 0 Å². The number of halogens is 2. The van der Waals surface area contributed by atoms with Crippen molar-refractivity contribution in [3.63, 3.8) is 0 Å². The minimum atomic E-state index is -0.499. The van der Waals surface area contributed by atoms with Gasteiger partial charge in [0.1, 0.15) is 23.2 Å². The van der Waals surface area contributed by atoms with E-state index in [0.29, 0.717) is 37.4 Å². The molecule has 3 rings (SSSR count). The predicted octanol–water partition coefficient (Wildman–Crippen LogP) is 3.86. The normalized spacial score (nSPS) is 17.4. The number of carbonyl (C=O) groups excluding carboxylic acids is 1. The van der Waals surface area contributed by atoms with E-state index in [1.807, 2.05) is 6.92 Å². The number of piperidine rings is 1. The predicted molar refractivity (Wildman–Crippen MR) is 94.8 cm³/mol. The summed E-state index contributed by atoms with van der Waals surface area (Å²) in [5, 5.41) is 0. The van der Waals surface area contributed by atoms with Crippen molar-refractivity contribution in [1.29, 1.82) is 0 Å². The number of rotatable bonds is 4. The Kier molecular flexibility index (Phi) is 5.59. The van der Waals surface area contributed by atoms with Crippen LogP contribution in [-0.4, -0.2) is 33.9 Å². The lowest BCUT2D eigenvalue weighted by Gasteiger charge is -2.32. The van der Waals surface area contributed by atoms with Crippen molar-refractivity contribution in [2.75, 3.05) is 13.1 Å². The van der Waals surface area contributed by atoms with Crippen molar-refractivity contribution < 1.29 is 13.6 Å². The van der Waals surface area contributed by atoms with Crippen LogP contribution in [0.3, 0.4) is 0 Å². The van der Waals surface area contributed by atoms with Gasteiger partial charge in [0.25, 0.3) is 5.91 Å². The highest BCUT2D eigenvalue weighted by molar-refractivity contribution is 5.92. The van der Waals surface area contributed by atoms with Crippen molar-refractivity contribution in [3.05, 3.63) is 58.7 Å². The number of hydrogen-bond donors (Lipinski definition) is 0. The van der Waals surface area contributed by atoms with Gasteiger partial charge in [0.2, 0.25) is 0 Å². The van der Waals surface area contributed by atoms with Crippen LogP contribution in [0.15, 0.2) is 24.3 Å². The molecule has 138 valence electrons. The number of carbonyl (C=O) groups is 1. The number of likely N-dealkylation sites (tertiary alicyclic amines) is 1. The zero-order valence-corrected chi connectivity index (χ0v) is 15.1. The molecule has 0 spiro atoms. The van der Waals surface area contributed by atoms with Gasteiger partial charge in [-0.1, -0.05) is 6.07 Å². The lowest BCUT2D eigenvalue weighted by atomic mass is 9.91. The largest absolute Gasteiger partial charge is 0.337 e. The number of nitrogens with zero attached hydrogens (tertiary/aromatic N) is 3. The number of amides is 1. The van der Waals surface area contributed by atoms with E-state index in [1.165, 1.54) is 18.2 Å². The third-order valence-corrected chi connectivity index (χ3v) is 4.86. The van der Waals surface area contributed by atoms with Crippen molar-refractivity contribution in [3.8, 4) is 0 Å². The average molecular weight is 359 g/mol. The first-order valence-electron chi connectivity index (χ1n) is 8.98.